The number of Topliss-reactive ketones (excluding diaryl/α,β-unsaturated/α-hetero) is 1. The molecule has 0 radical (unpaired) electrons. The molecule has 3 heteroatoms. The zero-order chi connectivity index (χ0) is 16.2. The number of carbonyl (C=O) groups excluding carboxylic acids is 1. The highest BCUT2D eigenvalue weighted by molar-refractivity contribution is 6.45. The summed E-state index contributed by atoms with van der Waals surface area (Å²) in [5, 5.41) is 3.15. The lowest BCUT2D eigenvalue weighted by molar-refractivity contribution is 0.106. The Hall–Kier alpha value is -1.64. The number of nitrogens with zero attached hydrogens (tertiary/aromatic N) is 1. The molecule has 0 aliphatic rings. The van der Waals surface area contributed by atoms with Crippen LogP contribution in [-0.4, -0.2) is 23.7 Å². The fraction of sp³-hybridized carbons (Fsp3) is 0.556. The Balaban J connectivity index is 3.04. The van der Waals surface area contributed by atoms with E-state index in [1.165, 1.54) is 5.56 Å². The summed E-state index contributed by atoms with van der Waals surface area (Å²) in [6.45, 7) is 14.4. The highest BCUT2D eigenvalue weighted by Gasteiger charge is 2.18. The molecule has 1 N–H and O–H groups in total. The number of amidine groups is 1. The molecule has 3 nitrogen and oxygen atoms in total. The number of benzene rings is 1. The topological polar surface area (TPSA) is 41.5 Å². The number of aliphatic imine (C=N–C) groups is 1. The van der Waals surface area contributed by atoms with Crippen molar-refractivity contribution in [2.45, 2.75) is 66.0 Å². The van der Waals surface area contributed by atoms with Crippen molar-refractivity contribution in [2.75, 3.05) is 0 Å². The summed E-state index contributed by atoms with van der Waals surface area (Å²) in [5.41, 5.74) is 1.99. The SMILES string of the molecule is CC(C)N=C(NC(C)C)C(=O)c1ccc(C(C)(C)C)cc1. The van der Waals surface area contributed by atoms with Crippen LogP contribution in [0.25, 0.3) is 0 Å². The highest BCUT2D eigenvalue weighted by Crippen LogP contribution is 2.22. The van der Waals surface area contributed by atoms with E-state index in [9.17, 15) is 4.79 Å². The number of carbonyl (C=O) groups is 1. The van der Waals surface area contributed by atoms with Gasteiger partial charge in [-0.25, -0.2) is 0 Å². The summed E-state index contributed by atoms with van der Waals surface area (Å²) < 4.78 is 0. The van der Waals surface area contributed by atoms with Crippen molar-refractivity contribution in [1.29, 1.82) is 0 Å². The van der Waals surface area contributed by atoms with Crippen molar-refractivity contribution < 1.29 is 4.79 Å². The van der Waals surface area contributed by atoms with E-state index in [-0.39, 0.29) is 23.3 Å². The molecule has 0 atom stereocenters. The Bertz CT molecular complexity index is 505. The maximum atomic E-state index is 12.6. The molecule has 0 fully saturated rings. The third kappa shape index (κ3) is 5.33. The van der Waals surface area contributed by atoms with Crippen molar-refractivity contribution in [1.82, 2.24) is 5.32 Å². The first kappa shape index (κ1) is 17.4. The van der Waals surface area contributed by atoms with Crippen molar-refractivity contribution in [3.63, 3.8) is 0 Å². The monoisotopic (exact) mass is 288 g/mol. The molecular formula is C18H28N2O. The van der Waals surface area contributed by atoms with Crippen molar-refractivity contribution in [3.05, 3.63) is 35.4 Å². The third-order valence-electron chi connectivity index (χ3n) is 3.04. The van der Waals surface area contributed by atoms with Crippen LogP contribution in [0.1, 0.15) is 64.4 Å². The number of nitrogens with one attached hydrogen (secondary N) is 1. The largest absolute Gasteiger partial charge is 0.365 e. The van der Waals surface area contributed by atoms with Crippen LogP contribution in [0.2, 0.25) is 0 Å². The average molecular weight is 288 g/mol. The Morgan fingerprint density at radius 1 is 1.05 bits per heavy atom. The molecule has 0 aliphatic carbocycles. The number of hydrogen-bond acceptors (Lipinski definition) is 2. The minimum Gasteiger partial charge on any atom is -0.365 e. The number of rotatable bonds is 4. The van der Waals surface area contributed by atoms with Crippen LogP contribution in [-0.2, 0) is 5.41 Å². The molecule has 0 amide bonds. The van der Waals surface area contributed by atoms with E-state index in [0.29, 0.717) is 11.4 Å². The summed E-state index contributed by atoms with van der Waals surface area (Å²) in [5.74, 6) is 0.404. The molecule has 0 saturated carbocycles. The maximum absolute atomic E-state index is 12.6. The number of hydrogen-bond donors (Lipinski definition) is 1. The van der Waals surface area contributed by atoms with Crippen molar-refractivity contribution >= 4 is 11.6 Å². The van der Waals surface area contributed by atoms with Gasteiger partial charge in [-0.15, -0.1) is 0 Å². The molecule has 0 spiro atoms. The predicted octanol–water partition coefficient (Wildman–Crippen LogP) is 3.97. The van der Waals surface area contributed by atoms with Gasteiger partial charge in [0, 0.05) is 17.6 Å². The second kappa shape index (κ2) is 6.88. The third-order valence-corrected chi connectivity index (χ3v) is 3.04. The molecule has 0 aliphatic heterocycles. The summed E-state index contributed by atoms with van der Waals surface area (Å²) in [6.07, 6.45) is 0. The second-order valence-electron chi connectivity index (χ2n) is 7.03. The Kier molecular flexibility index (Phi) is 5.70. The van der Waals surface area contributed by atoms with E-state index in [1.807, 2.05) is 52.0 Å². The maximum Gasteiger partial charge on any atom is 0.227 e. The van der Waals surface area contributed by atoms with Crippen molar-refractivity contribution in [2.24, 2.45) is 4.99 Å². The summed E-state index contributed by atoms with van der Waals surface area (Å²) in [7, 11) is 0. The quantitative estimate of drug-likeness (QED) is 0.517. The fourth-order valence-corrected chi connectivity index (χ4v) is 1.95. The fourth-order valence-electron chi connectivity index (χ4n) is 1.95. The zero-order valence-electron chi connectivity index (χ0n) is 14.3. The minimum atomic E-state index is -0.0436. The van der Waals surface area contributed by atoms with Crippen molar-refractivity contribution in [3.8, 4) is 0 Å². The Morgan fingerprint density at radius 2 is 1.57 bits per heavy atom. The van der Waals surface area contributed by atoms with Gasteiger partial charge in [-0.3, -0.25) is 9.79 Å². The normalized spacial score (nSPS) is 12.9. The summed E-state index contributed by atoms with van der Waals surface area (Å²) >= 11 is 0. The molecular weight excluding hydrogens is 260 g/mol. The molecule has 0 heterocycles. The molecule has 0 aromatic heterocycles. The van der Waals surface area contributed by atoms with E-state index < -0.39 is 0 Å². The first-order valence-electron chi connectivity index (χ1n) is 7.61. The van der Waals surface area contributed by atoms with Gasteiger partial charge in [0.1, 0.15) is 0 Å². The van der Waals surface area contributed by atoms with Gasteiger partial charge in [0.25, 0.3) is 0 Å². The molecule has 1 aromatic carbocycles. The molecule has 1 aromatic rings. The molecule has 21 heavy (non-hydrogen) atoms. The van der Waals surface area contributed by atoms with Gasteiger partial charge in [0.15, 0.2) is 5.84 Å². The lowest BCUT2D eigenvalue weighted by Gasteiger charge is -2.19. The van der Waals surface area contributed by atoms with E-state index in [4.69, 9.17) is 0 Å². The Labute approximate surface area is 128 Å². The molecule has 116 valence electrons. The first-order valence-corrected chi connectivity index (χ1v) is 7.61. The molecule has 0 saturated heterocycles. The smallest absolute Gasteiger partial charge is 0.227 e. The van der Waals surface area contributed by atoms with Gasteiger partial charge in [-0.2, -0.15) is 0 Å². The zero-order valence-corrected chi connectivity index (χ0v) is 14.3. The molecule has 1 rings (SSSR count). The lowest BCUT2D eigenvalue weighted by atomic mass is 9.86. The van der Waals surface area contributed by atoms with E-state index >= 15 is 0 Å². The molecule has 0 unspecified atom stereocenters. The standard InChI is InChI=1S/C18H28N2O/c1-12(2)19-17(20-13(3)4)16(21)14-8-10-15(11-9-14)18(5,6)7/h8-13H,1-7H3,(H,19,20). The van der Waals surface area contributed by atoms with E-state index in [0.717, 1.165) is 0 Å². The van der Waals surface area contributed by atoms with Gasteiger partial charge >= 0.3 is 0 Å². The van der Waals surface area contributed by atoms with Crippen LogP contribution >= 0.6 is 0 Å². The van der Waals surface area contributed by atoms with Gasteiger partial charge in [-0.05, 0) is 38.7 Å². The highest BCUT2D eigenvalue weighted by atomic mass is 16.1. The van der Waals surface area contributed by atoms with Crippen LogP contribution in [0.15, 0.2) is 29.3 Å². The van der Waals surface area contributed by atoms with Crippen LogP contribution in [0, 0.1) is 0 Å². The van der Waals surface area contributed by atoms with Gasteiger partial charge < -0.3 is 5.32 Å². The van der Waals surface area contributed by atoms with Gasteiger partial charge in [0.05, 0.1) is 0 Å². The summed E-state index contributed by atoms with van der Waals surface area (Å²) in [4.78, 5) is 17.0. The first-order chi connectivity index (χ1) is 9.61. The lowest BCUT2D eigenvalue weighted by Crippen LogP contribution is -2.37. The van der Waals surface area contributed by atoms with Gasteiger partial charge in [0.2, 0.25) is 5.78 Å². The van der Waals surface area contributed by atoms with Crippen LogP contribution in [0.3, 0.4) is 0 Å². The van der Waals surface area contributed by atoms with E-state index in [2.05, 4.69) is 31.1 Å². The summed E-state index contributed by atoms with van der Waals surface area (Å²) in [6, 6.07) is 8.09. The number of ketones is 1. The molecule has 0 bridgehead atoms. The Morgan fingerprint density at radius 3 is 1.95 bits per heavy atom. The average Bonchev–Trinajstić information content (AvgIpc) is 2.35. The van der Waals surface area contributed by atoms with Crippen LogP contribution in [0.4, 0.5) is 0 Å². The minimum absolute atomic E-state index is 0.0436. The van der Waals surface area contributed by atoms with E-state index in [1.54, 1.807) is 0 Å². The van der Waals surface area contributed by atoms with Crippen LogP contribution in [0.5, 0.6) is 0 Å². The second-order valence-corrected chi connectivity index (χ2v) is 7.03. The van der Waals surface area contributed by atoms with Gasteiger partial charge in [-0.1, -0.05) is 45.0 Å². The van der Waals surface area contributed by atoms with Crippen LogP contribution < -0.4 is 5.32 Å². The predicted molar refractivity (Wildman–Crippen MR) is 90.3 cm³/mol.